The van der Waals surface area contributed by atoms with E-state index in [0.717, 1.165) is 25.0 Å². The van der Waals surface area contributed by atoms with Gasteiger partial charge in [0.05, 0.1) is 69.6 Å². The van der Waals surface area contributed by atoms with E-state index in [-0.39, 0.29) is 66.2 Å². The molecule has 0 atom stereocenters. The van der Waals surface area contributed by atoms with Crippen LogP contribution in [0.5, 0.6) is 0 Å². The Morgan fingerprint density at radius 1 is 0.333 bits per heavy atom. The standard InChI is InChI=1S/4C10H8O4.Ti/c4*1-2-14-10(13)8-6-4-3-5-7(8)9(11)12;/h4*2-6H,1H2,(H,11,12);. The fraction of sp³-hybridized carbons (Fsp3) is 0. The molecule has 0 bridgehead atoms. The third-order valence-electron chi connectivity index (χ3n) is 6.27. The van der Waals surface area contributed by atoms with E-state index in [0.29, 0.717) is 0 Å². The van der Waals surface area contributed by atoms with Crippen LogP contribution in [0.4, 0.5) is 0 Å². The van der Waals surface area contributed by atoms with Crippen LogP contribution < -0.4 is 0 Å². The number of ether oxygens (including phenoxy) is 4. The summed E-state index contributed by atoms with van der Waals surface area (Å²) in [5.74, 6) is -7.56. The van der Waals surface area contributed by atoms with Crippen LogP contribution in [-0.2, 0) is 40.7 Å². The van der Waals surface area contributed by atoms with E-state index in [2.05, 4.69) is 45.3 Å². The zero-order valence-electron chi connectivity index (χ0n) is 29.6. The Kier molecular flexibility index (Phi) is 22.6. The summed E-state index contributed by atoms with van der Waals surface area (Å²) in [5.41, 5.74) is -0.281. The second kappa shape index (κ2) is 26.1. The van der Waals surface area contributed by atoms with Crippen LogP contribution in [0.1, 0.15) is 82.9 Å². The summed E-state index contributed by atoms with van der Waals surface area (Å²) in [6.45, 7) is 12.8. The number of carboxylic acid groups (broad SMARTS) is 4. The van der Waals surface area contributed by atoms with Gasteiger partial charge in [0.2, 0.25) is 0 Å². The normalized spacial score (nSPS) is 8.98. The van der Waals surface area contributed by atoms with Crippen LogP contribution >= 0.6 is 0 Å². The summed E-state index contributed by atoms with van der Waals surface area (Å²) < 4.78 is 17.9. The maximum atomic E-state index is 11.2. The van der Waals surface area contributed by atoms with E-state index in [1.807, 2.05) is 0 Å². The van der Waals surface area contributed by atoms with Crippen molar-refractivity contribution in [3.8, 4) is 0 Å². The average molecular weight is 817 g/mol. The molecule has 0 aliphatic heterocycles. The second-order valence-corrected chi connectivity index (χ2v) is 9.69. The number of hydrogen-bond donors (Lipinski definition) is 4. The van der Waals surface area contributed by atoms with Crippen molar-refractivity contribution in [2.75, 3.05) is 0 Å². The van der Waals surface area contributed by atoms with E-state index < -0.39 is 47.8 Å². The number of carboxylic acids is 4. The minimum atomic E-state index is -1.17. The van der Waals surface area contributed by atoms with Gasteiger partial charge in [-0.1, -0.05) is 74.8 Å². The first-order chi connectivity index (χ1) is 26.7. The van der Waals surface area contributed by atoms with Crippen molar-refractivity contribution in [2.24, 2.45) is 0 Å². The average Bonchev–Trinajstić information content (AvgIpc) is 3.19. The summed E-state index contributed by atoms with van der Waals surface area (Å²) in [4.78, 5) is 87.6. The Hall–Kier alpha value is -7.69. The van der Waals surface area contributed by atoms with Gasteiger partial charge in [-0.25, -0.2) is 38.4 Å². The summed E-state index contributed by atoms with van der Waals surface area (Å²) in [6, 6.07) is 23.3. The first-order valence-corrected chi connectivity index (χ1v) is 15.2. The van der Waals surface area contributed by atoms with Gasteiger partial charge in [-0.2, -0.15) is 0 Å². The molecule has 0 unspecified atom stereocenters. The van der Waals surface area contributed by atoms with Crippen LogP contribution in [0, 0.1) is 0 Å². The summed E-state index contributed by atoms with van der Waals surface area (Å²) in [6.07, 6.45) is 3.84. The maximum Gasteiger partial charge on any atom is 0.343 e. The molecular formula is C40H32O16Ti. The molecule has 4 N–H and O–H groups in total. The number of rotatable bonds is 12. The zero-order chi connectivity index (χ0) is 42.2. The van der Waals surface area contributed by atoms with Gasteiger partial charge in [0.1, 0.15) is 0 Å². The van der Waals surface area contributed by atoms with Crippen molar-refractivity contribution < 1.29 is 99.4 Å². The molecule has 16 nitrogen and oxygen atoms in total. The van der Waals surface area contributed by atoms with Crippen molar-refractivity contribution in [1.29, 1.82) is 0 Å². The molecule has 4 aromatic rings. The molecule has 292 valence electrons. The van der Waals surface area contributed by atoms with Gasteiger partial charge >= 0.3 is 47.8 Å². The molecule has 4 rings (SSSR count). The number of benzene rings is 4. The molecule has 0 radical (unpaired) electrons. The number of carbonyl (C=O) groups excluding carboxylic acids is 4. The van der Waals surface area contributed by atoms with Gasteiger partial charge < -0.3 is 39.4 Å². The molecule has 4 aromatic carbocycles. The van der Waals surface area contributed by atoms with E-state index in [4.69, 9.17) is 20.4 Å². The third kappa shape index (κ3) is 16.1. The fourth-order valence-corrected chi connectivity index (χ4v) is 3.95. The molecule has 0 heterocycles. The Labute approximate surface area is 339 Å². The number of carbonyl (C=O) groups is 8. The van der Waals surface area contributed by atoms with Crippen LogP contribution in [0.3, 0.4) is 0 Å². The number of aromatic carboxylic acids is 4. The van der Waals surface area contributed by atoms with Crippen molar-refractivity contribution >= 4 is 47.8 Å². The summed E-state index contributed by atoms with van der Waals surface area (Å²) in [5, 5.41) is 35.0. The smallest absolute Gasteiger partial charge is 0.343 e. The molecule has 0 saturated heterocycles. The van der Waals surface area contributed by atoms with Gasteiger partial charge in [-0.05, 0) is 48.5 Å². The Morgan fingerprint density at radius 3 is 0.596 bits per heavy atom. The first-order valence-electron chi connectivity index (χ1n) is 15.2. The largest absolute Gasteiger partial charge is 0.478 e. The fourth-order valence-electron chi connectivity index (χ4n) is 3.95. The van der Waals surface area contributed by atoms with Gasteiger partial charge in [0, 0.05) is 21.7 Å². The van der Waals surface area contributed by atoms with Crippen LogP contribution in [0.25, 0.3) is 0 Å². The molecule has 17 heteroatoms. The van der Waals surface area contributed by atoms with E-state index >= 15 is 0 Å². The van der Waals surface area contributed by atoms with Crippen molar-refractivity contribution in [3.63, 3.8) is 0 Å². The van der Waals surface area contributed by atoms with Gasteiger partial charge in [-0.15, -0.1) is 0 Å². The molecule has 0 spiro atoms. The summed E-state index contributed by atoms with van der Waals surface area (Å²) >= 11 is 0. The second-order valence-electron chi connectivity index (χ2n) is 9.69. The molecule has 57 heavy (non-hydrogen) atoms. The maximum absolute atomic E-state index is 11.2. The molecule has 0 fully saturated rings. The summed E-state index contributed by atoms with van der Waals surface area (Å²) in [7, 11) is 0. The van der Waals surface area contributed by atoms with Gasteiger partial charge in [-0.3, -0.25) is 0 Å². The van der Waals surface area contributed by atoms with Gasteiger partial charge in [0.15, 0.2) is 0 Å². The van der Waals surface area contributed by atoms with E-state index in [1.54, 1.807) is 24.3 Å². The van der Waals surface area contributed by atoms with Crippen LogP contribution in [0.15, 0.2) is 148 Å². The van der Waals surface area contributed by atoms with Gasteiger partial charge in [0.25, 0.3) is 0 Å². The molecular weight excluding hydrogens is 784 g/mol. The number of esters is 4. The molecule has 0 aliphatic rings. The predicted molar refractivity (Wildman–Crippen MR) is 196 cm³/mol. The van der Waals surface area contributed by atoms with Crippen LogP contribution in [0.2, 0.25) is 0 Å². The Morgan fingerprint density at radius 2 is 0.474 bits per heavy atom. The van der Waals surface area contributed by atoms with Crippen molar-refractivity contribution in [3.05, 3.63) is 193 Å². The predicted octanol–water partition coefficient (Wildman–Crippen LogP) is 6.74. The molecule has 0 aliphatic carbocycles. The first kappa shape index (κ1) is 49.3. The van der Waals surface area contributed by atoms with Crippen molar-refractivity contribution in [1.82, 2.24) is 0 Å². The topological polar surface area (TPSA) is 254 Å². The Balaban J connectivity index is 0.000000729. The van der Waals surface area contributed by atoms with E-state index in [9.17, 15) is 38.4 Å². The zero-order valence-corrected chi connectivity index (χ0v) is 31.1. The monoisotopic (exact) mass is 816 g/mol. The van der Waals surface area contributed by atoms with Crippen molar-refractivity contribution in [2.45, 2.75) is 0 Å². The molecule has 0 amide bonds. The van der Waals surface area contributed by atoms with E-state index in [1.165, 1.54) is 72.8 Å². The number of hydrogen-bond acceptors (Lipinski definition) is 12. The van der Waals surface area contributed by atoms with Crippen LogP contribution in [-0.4, -0.2) is 68.2 Å². The third-order valence-corrected chi connectivity index (χ3v) is 6.27. The molecule has 0 saturated carbocycles. The SMILES string of the molecule is C=COC(=O)c1ccccc1C(=O)O.C=COC(=O)c1ccccc1C(=O)O.C=COC(=O)c1ccccc1C(=O)O.C=COC(=O)c1ccccc1C(=O)O.[Ti]. The Bertz CT molecular complexity index is 1840. The minimum Gasteiger partial charge on any atom is -0.478 e. The quantitative estimate of drug-likeness (QED) is 0.0500. The minimum absolute atomic E-state index is 0. The molecule has 0 aromatic heterocycles.